The van der Waals surface area contributed by atoms with E-state index in [0.717, 1.165) is 32.1 Å². The lowest BCUT2D eigenvalue weighted by molar-refractivity contribution is -0.125. The van der Waals surface area contributed by atoms with Crippen LogP contribution >= 0.6 is 0 Å². The van der Waals surface area contributed by atoms with Gasteiger partial charge in [0.05, 0.1) is 0 Å². The average molecular weight is 226 g/mol. The minimum absolute atomic E-state index is 0.138. The molecule has 0 aromatic rings. The molecule has 0 saturated heterocycles. The summed E-state index contributed by atoms with van der Waals surface area (Å²) in [4.78, 5) is 11.8. The predicted molar refractivity (Wildman–Crippen MR) is 67.1 cm³/mol. The Hall–Kier alpha value is -0.570. The second kappa shape index (κ2) is 6.89. The minimum atomic E-state index is 0.138. The van der Waals surface area contributed by atoms with Gasteiger partial charge in [-0.2, -0.15) is 0 Å². The molecule has 0 radical (unpaired) electrons. The zero-order valence-electron chi connectivity index (χ0n) is 10.7. The topological polar surface area (TPSA) is 55.1 Å². The zero-order valence-corrected chi connectivity index (χ0v) is 10.7. The maximum Gasteiger partial charge on any atom is 0.223 e. The van der Waals surface area contributed by atoms with Gasteiger partial charge < -0.3 is 11.1 Å². The molecule has 1 rings (SSSR count). The fraction of sp³-hybridized carbons (Fsp3) is 0.923. The Labute approximate surface area is 99.2 Å². The van der Waals surface area contributed by atoms with Gasteiger partial charge in [0.2, 0.25) is 5.91 Å². The van der Waals surface area contributed by atoms with E-state index < -0.39 is 0 Å². The van der Waals surface area contributed by atoms with Crippen molar-refractivity contribution < 1.29 is 4.79 Å². The average Bonchev–Trinajstić information content (AvgIpc) is 2.69. The summed E-state index contributed by atoms with van der Waals surface area (Å²) in [6.07, 6.45) is 7.89. The van der Waals surface area contributed by atoms with Gasteiger partial charge in [-0.3, -0.25) is 4.79 Å². The summed E-state index contributed by atoms with van der Waals surface area (Å²) < 4.78 is 0. The van der Waals surface area contributed by atoms with E-state index in [2.05, 4.69) is 5.32 Å². The minimum Gasteiger partial charge on any atom is -0.353 e. The molecule has 3 N–H and O–H groups in total. The number of amides is 1. The number of carbonyl (C=O) groups excluding carboxylic acids is 1. The monoisotopic (exact) mass is 226 g/mol. The molecular formula is C13H26N2O. The van der Waals surface area contributed by atoms with E-state index in [4.69, 9.17) is 5.73 Å². The van der Waals surface area contributed by atoms with Crippen LogP contribution in [0.4, 0.5) is 0 Å². The van der Waals surface area contributed by atoms with Gasteiger partial charge in [-0.15, -0.1) is 0 Å². The molecule has 1 saturated carbocycles. The van der Waals surface area contributed by atoms with Crippen molar-refractivity contribution in [3.05, 3.63) is 0 Å². The summed E-state index contributed by atoms with van der Waals surface area (Å²) in [6.45, 7) is 4.04. The lowest BCUT2D eigenvalue weighted by atomic mass is 10.0. The highest BCUT2D eigenvalue weighted by Gasteiger charge is 2.20. The number of hydrogen-bond donors (Lipinski definition) is 2. The lowest BCUT2D eigenvalue weighted by Crippen LogP contribution is -2.36. The number of carbonyl (C=O) groups is 1. The fourth-order valence-corrected chi connectivity index (χ4v) is 2.29. The van der Waals surface area contributed by atoms with Crippen LogP contribution in [0.15, 0.2) is 0 Å². The van der Waals surface area contributed by atoms with Crippen molar-refractivity contribution in [2.75, 3.05) is 0 Å². The molecule has 1 aliphatic carbocycles. The SMILES string of the molecule is CC(N)CCCC(C)C(=O)NC1CCCC1. The van der Waals surface area contributed by atoms with Crippen LogP contribution in [0.3, 0.4) is 0 Å². The molecule has 1 aliphatic rings. The number of hydrogen-bond acceptors (Lipinski definition) is 2. The first kappa shape index (κ1) is 13.5. The largest absolute Gasteiger partial charge is 0.353 e. The molecule has 1 amide bonds. The van der Waals surface area contributed by atoms with E-state index in [-0.39, 0.29) is 17.9 Å². The molecular weight excluding hydrogens is 200 g/mol. The zero-order chi connectivity index (χ0) is 12.0. The smallest absolute Gasteiger partial charge is 0.223 e. The molecule has 0 aromatic carbocycles. The first-order valence-corrected chi connectivity index (χ1v) is 6.65. The van der Waals surface area contributed by atoms with Crippen LogP contribution in [0.5, 0.6) is 0 Å². The van der Waals surface area contributed by atoms with Crippen molar-refractivity contribution in [2.45, 2.75) is 70.9 Å². The Balaban J connectivity index is 2.14. The van der Waals surface area contributed by atoms with Crippen molar-refractivity contribution in [3.8, 4) is 0 Å². The molecule has 3 nitrogen and oxygen atoms in total. The fourth-order valence-electron chi connectivity index (χ4n) is 2.29. The normalized spacial score (nSPS) is 20.7. The maximum absolute atomic E-state index is 11.8. The van der Waals surface area contributed by atoms with Gasteiger partial charge in [0.25, 0.3) is 0 Å². The predicted octanol–water partition coefficient (Wildman–Crippen LogP) is 2.20. The third-order valence-electron chi connectivity index (χ3n) is 3.45. The highest BCUT2D eigenvalue weighted by Crippen LogP contribution is 2.18. The second-order valence-electron chi connectivity index (χ2n) is 5.30. The van der Waals surface area contributed by atoms with E-state index in [9.17, 15) is 4.79 Å². The summed E-state index contributed by atoms with van der Waals surface area (Å²) in [7, 11) is 0. The maximum atomic E-state index is 11.8. The molecule has 2 unspecified atom stereocenters. The Kier molecular flexibility index (Phi) is 5.81. The van der Waals surface area contributed by atoms with E-state index in [0.29, 0.717) is 6.04 Å². The van der Waals surface area contributed by atoms with Crippen LogP contribution in [-0.2, 0) is 4.79 Å². The molecule has 1 fully saturated rings. The van der Waals surface area contributed by atoms with E-state index in [1.807, 2.05) is 13.8 Å². The van der Waals surface area contributed by atoms with E-state index in [1.165, 1.54) is 12.8 Å². The summed E-state index contributed by atoms with van der Waals surface area (Å²) in [6, 6.07) is 0.702. The summed E-state index contributed by atoms with van der Waals surface area (Å²) in [5, 5.41) is 3.15. The highest BCUT2D eigenvalue weighted by atomic mass is 16.1. The van der Waals surface area contributed by atoms with Gasteiger partial charge in [0.15, 0.2) is 0 Å². The van der Waals surface area contributed by atoms with Crippen molar-refractivity contribution in [1.29, 1.82) is 0 Å². The van der Waals surface area contributed by atoms with Crippen molar-refractivity contribution >= 4 is 5.91 Å². The number of nitrogens with one attached hydrogen (secondary N) is 1. The summed E-state index contributed by atoms with van der Waals surface area (Å²) >= 11 is 0. The molecule has 0 heterocycles. The Morgan fingerprint density at radius 1 is 1.31 bits per heavy atom. The third kappa shape index (κ3) is 4.97. The number of nitrogens with two attached hydrogens (primary N) is 1. The molecule has 0 aliphatic heterocycles. The first-order valence-electron chi connectivity index (χ1n) is 6.65. The quantitative estimate of drug-likeness (QED) is 0.729. The van der Waals surface area contributed by atoms with Crippen LogP contribution in [-0.4, -0.2) is 18.0 Å². The molecule has 0 aromatic heterocycles. The van der Waals surface area contributed by atoms with Gasteiger partial charge in [-0.05, 0) is 32.6 Å². The van der Waals surface area contributed by atoms with E-state index >= 15 is 0 Å². The second-order valence-corrected chi connectivity index (χ2v) is 5.30. The third-order valence-corrected chi connectivity index (χ3v) is 3.45. The molecule has 16 heavy (non-hydrogen) atoms. The van der Waals surface area contributed by atoms with Gasteiger partial charge in [0, 0.05) is 18.0 Å². The lowest BCUT2D eigenvalue weighted by Gasteiger charge is -2.16. The molecule has 2 atom stereocenters. The van der Waals surface area contributed by atoms with Crippen LogP contribution in [0.25, 0.3) is 0 Å². The summed E-state index contributed by atoms with van der Waals surface area (Å²) in [5.41, 5.74) is 5.69. The Morgan fingerprint density at radius 3 is 2.50 bits per heavy atom. The van der Waals surface area contributed by atoms with Crippen LogP contribution < -0.4 is 11.1 Å². The van der Waals surface area contributed by atoms with Gasteiger partial charge >= 0.3 is 0 Å². The Morgan fingerprint density at radius 2 is 1.94 bits per heavy atom. The highest BCUT2D eigenvalue weighted by molar-refractivity contribution is 5.78. The van der Waals surface area contributed by atoms with Crippen LogP contribution in [0.1, 0.15) is 58.8 Å². The first-order chi connectivity index (χ1) is 7.59. The van der Waals surface area contributed by atoms with Crippen molar-refractivity contribution in [3.63, 3.8) is 0 Å². The molecule has 3 heteroatoms. The Bertz CT molecular complexity index is 210. The molecule has 94 valence electrons. The van der Waals surface area contributed by atoms with Crippen molar-refractivity contribution in [2.24, 2.45) is 11.7 Å². The standard InChI is InChI=1S/C13H26N2O/c1-10(6-5-7-11(2)14)13(16)15-12-8-3-4-9-12/h10-12H,3-9,14H2,1-2H3,(H,15,16). The summed E-state index contributed by atoms with van der Waals surface area (Å²) in [5.74, 6) is 0.371. The van der Waals surface area contributed by atoms with Gasteiger partial charge in [-0.1, -0.05) is 26.2 Å². The van der Waals surface area contributed by atoms with Gasteiger partial charge in [0.1, 0.15) is 0 Å². The van der Waals surface area contributed by atoms with Crippen LogP contribution in [0.2, 0.25) is 0 Å². The van der Waals surface area contributed by atoms with Gasteiger partial charge in [-0.25, -0.2) is 0 Å². The van der Waals surface area contributed by atoms with E-state index in [1.54, 1.807) is 0 Å². The van der Waals surface area contributed by atoms with Crippen molar-refractivity contribution in [1.82, 2.24) is 5.32 Å². The molecule has 0 spiro atoms. The molecule has 0 bridgehead atoms. The van der Waals surface area contributed by atoms with Crippen LogP contribution in [0, 0.1) is 5.92 Å². The number of rotatable bonds is 6.